The Morgan fingerprint density at radius 1 is 1.50 bits per heavy atom. The molecule has 1 fully saturated rings. The van der Waals surface area contributed by atoms with Crippen LogP contribution in [0.25, 0.3) is 0 Å². The minimum Gasteiger partial charge on any atom is -0.481 e. The van der Waals surface area contributed by atoms with Crippen molar-refractivity contribution in [2.24, 2.45) is 5.73 Å². The predicted molar refractivity (Wildman–Crippen MR) is 63.6 cm³/mol. The molecule has 5 N–H and O–H groups in total. The van der Waals surface area contributed by atoms with Crippen molar-refractivity contribution in [3.05, 3.63) is 0 Å². The molecule has 0 aromatic carbocycles. The van der Waals surface area contributed by atoms with E-state index in [1.54, 1.807) is 0 Å². The van der Waals surface area contributed by atoms with Crippen molar-refractivity contribution >= 4 is 17.8 Å². The van der Waals surface area contributed by atoms with Gasteiger partial charge in [0.2, 0.25) is 11.8 Å². The lowest BCUT2D eigenvalue weighted by atomic mass is 10.1. The van der Waals surface area contributed by atoms with Gasteiger partial charge in [-0.05, 0) is 25.7 Å². The van der Waals surface area contributed by atoms with Crippen molar-refractivity contribution in [2.45, 2.75) is 44.2 Å². The molecule has 1 aliphatic heterocycles. The van der Waals surface area contributed by atoms with Crippen LogP contribution in [-0.2, 0) is 14.4 Å². The van der Waals surface area contributed by atoms with Crippen molar-refractivity contribution in [1.29, 1.82) is 0 Å². The Morgan fingerprint density at radius 3 is 2.89 bits per heavy atom. The Kier molecular flexibility index (Phi) is 5.57. The maximum Gasteiger partial charge on any atom is 0.303 e. The third kappa shape index (κ3) is 4.70. The topological polar surface area (TPSA) is 122 Å². The van der Waals surface area contributed by atoms with Crippen LogP contribution in [0, 0.1) is 0 Å². The van der Waals surface area contributed by atoms with E-state index in [0.29, 0.717) is 13.0 Å². The van der Waals surface area contributed by atoms with Gasteiger partial charge in [0.25, 0.3) is 0 Å². The van der Waals surface area contributed by atoms with Gasteiger partial charge in [-0.1, -0.05) is 0 Å². The summed E-state index contributed by atoms with van der Waals surface area (Å²) in [7, 11) is 0. The molecule has 0 radical (unpaired) electrons. The zero-order chi connectivity index (χ0) is 13.5. The SMILES string of the molecule is NC(CCC(=O)O)C(=O)NC1CCCCNC1=O. The average Bonchev–Trinajstić information content (AvgIpc) is 2.51. The smallest absolute Gasteiger partial charge is 0.303 e. The number of carboxylic acids is 1. The number of nitrogens with one attached hydrogen (secondary N) is 2. The largest absolute Gasteiger partial charge is 0.481 e. The second-order valence-corrected chi connectivity index (χ2v) is 4.39. The summed E-state index contributed by atoms with van der Waals surface area (Å²) < 4.78 is 0. The van der Waals surface area contributed by atoms with Crippen LogP contribution in [-0.4, -0.2) is 41.5 Å². The Hall–Kier alpha value is -1.63. The average molecular weight is 257 g/mol. The van der Waals surface area contributed by atoms with Crippen molar-refractivity contribution in [3.63, 3.8) is 0 Å². The van der Waals surface area contributed by atoms with Gasteiger partial charge in [0.1, 0.15) is 6.04 Å². The fourth-order valence-corrected chi connectivity index (χ4v) is 1.77. The highest BCUT2D eigenvalue weighted by Gasteiger charge is 2.24. The summed E-state index contributed by atoms with van der Waals surface area (Å²) in [5, 5.41) is 13.8. The molecule has 18 heavy (non-hydrogen) atoms. The van der Waals surface area contributed by atoms with Crippen LogP contribution in [0.5, 0.6) is 0 Å². The van der Waals surface area contributed by atoms with Crippen LogP contribution < -0.4 is 16.4 Å². The molecular formula is C11H19N3O4. The number of rotatable bonds is 5. The Morgan fingerprint density at radius 2 is 2.22 bits per heavy atom. The van der Waals surface area contributed by atoms with Gasteiger partial charge < -0.3 is 21.5 Å². The molecule has 0 aromatic heterocycles. The minimum atomic E-state index is -0.995. The van der Waals surface area contributed by atoms with E-state index in [2.05, 4.69) is 10.6 Å². The molecule has 2 unspecified atom stereocenters. The highest BCUT2D eigenvalue weighted by Crippen LogP contribution is 2.06. The Labute approximate surface area is 105 Å². The van der Waals surface area contributed by atoms with Crippen LogP contribution in [0.4, 0.5) is 0 Å². The first kappa shape index (κ1) is 14.4. The number of carbonyl (C=O) groups is 3. The fourth-order valence-electron chi connectivity index (χ4n) is 1.77. The maximum absolute atomic E-state index is 11.7. The third-order valence-electron chi connectivity index (χ3n) is 2.86. The van der Waals surface area contributed by atoms with Gasteiger partial charge in [-0.25, -0.2) is 0 Å². The molecule has 7 heteroatoms. The molecule has 7 nitrogen and oxygen atoms in total. The summed E-state index contributed by atoms with van der Waals surface area (Å²) >= 11 is 0. The van der Waals surface area contributed by atoms with Crippen LogP contribution >= 0.6 is 0 Å². The van der Waals surface area contributed by atoms with E-state index in [9.17, 15) is 14.4 Å². The molecule has 1 saturated heterocycles. The molecule has 0 aliphatic carbocycles. The van der Waals surface area contributed by atoms with E-state index in [1.165, 1.54) is 0 Å². The Balaban J connectivity index is 2.41. The quantitative estimate of drug-likeness (QED) is 0.501. The van der Waals surface area contributed by atoms with Gasteiger partial charge in [0.15, 0.2) is 0 Å². The molecule has 1 aliphatic rings. The van der Waals surface area contributed by atoms with E-state index in [4.69, 9.17) is 10.8 Å². The van der Waals surface area contributed by atoms with E-state index in [1.807, 2.05) is 0 Å². The summed E-state index contributed by atoms with van der Waals surface area (Å²) in [6, 6.07) is -1.45. The Bertz CT molecular complexity index is 332. The minimum absolute atomic E-state index is 0.0650. The van der Waals surface area contributed by atoms with Crippen molar-refractivity contribution in [2.75, 3.05) is 6.54 Å². The molecule has 0 spiro atoms. The van der Waals surface area contributed by atoms with Crippen LogP contribution in [0.15, 0.2) is 0 Å². The second-order valence-electron chi connectivity index (χ2n) is 4.39. The highest BCUT2D eigenvalue weighted by molar-refractivity contribution is 5.89. The van der Waals surface area contributed by atoms with E-state index >= 15 is 0 Å². The van der Waals surface area contributed by atoms with E-state index in [-0.39, 0.29) is 18.7 Å². The lowest BCUT2D eigenvalue weighted by Gasteiger charge is -2.18. The van der Waals surface area contributed by atoms with Crippen LogP contribution in [0.2, 0.25) is 0 Å². The van der Waals surface area contributed by atoms with Gasteiger partial charge in [-0.2, -0.15) is 0 Å². The van der Waals surface area contributed by atoms with Gasteiger partial charge in [0, 0.05) is 13.0 Å². The predicted octanol–water partition coefficient (Wildman–Crippen LogP) is -1.04. The standard InChI is InChI=1S/C11H19N3O4/c12-7(4-5-9(15)16)10(17)14-8-3-1-2-6-13-11(8)18/h7-8H,1-6,12H2,(H,13,18)(H,14,17)(H,15,16). The van der Waals surface area contributed by atoms with Crippen LogP contribution in [0.3, 0.4) is 0 Å². The number of aliphatic carboxylic acids is 1. The van der Waals surface area contributed by atoms with Gasteiger partial charge in [0.05, 0.1) is 6.04 Å². The number of amides is 2. The lowest BCUT2D eigenvalue weighted by molar-refractivity contribution is -0.137. The monoisotopic (exact) mass is 257 g/mol. The third-order valence-corrected chi connectivity index (χ3v) is 2.86. The number of hydrogen-bond acceptors (Lipinski definition) is 4. The summed E-state index contributed by atoms with van der Waals surface area (Å²) in [5.74, 6) is -1.67. The first-order chi connectivity index (χ1) is 8.50. The van der Waals surface area contributed by atoms with Gasteiger partial charge >= 0.3 is 5.97 Å². The van der Waals surface area contributed by atoms with Gasteiger partial charge in [-0.3, -0.25) is 14.4 Å². The van der Waals surface area contributed by atoms with Crippen molar-refractivity contribution < 1.29 is 19.5 Å². The molecule has 0 saturated carbocycles. The zero-order valence-electron chi connectivity index (χ0n) is 10.1. The van der Waals surface area contributed by atoms with Crippen molar-refractivity contribution in [1.82, 2.24) is 10.6 Å². The molecular weight excluding hydrogens is 238 g/mol. The molecule has 0 aromatic rings. The summed E-state index contributed by atoms with van der Waals surface area (Å²) in [5.41, 5.74) is 5.56. The number of carbonyl (C=O) groups excluding carboxylic acids is 2. The number of hydrogen-bond donors (Lipinski definition) is 4. The molecule has 0 bridgehead atoms. The lowest BCUT2D eigenvalue weighted by Crippen LogP contribution is -2.50. The molecule has 2 amide bonds. The fraction of sp³-hybridized carbons (Fsp3) is 0.727. The van der Waals surface area contributed by atoms with Crippen molar-refractivity contribution in [3.8, 4) is 0 Å². The summed E-state index contributed by atoms with van der Waals surface area (Å²) in [6.45, 7) is 0.621. The summed E-state index contributed by atoms with van der Waals surface area (Å²) in [6.07, 6.45) is 2.24. The van der Waals surface area contributed by atoms with E-state index < -0.39 is 24.0 Å². The number of carboxylic acid groups (broad SMARTS) is 1. The second kappa shape index (κ2) is 6.95. The van der Waals surface area contributed by atoms with E-state index in [0.717, 1.165) is 12.8 Å². The van der Waals surface area contributed by atoms with Crippen LogP contribution in [0.1, 0.15) is 32.1 Å². The molecule has 102 valence electrons. The highest BCUT2D eigenvalue weighted by atomic mass is 16.4. The molecule has 2 atom stereocenters. The number of nitrogens with two attached hydrogens (primary N) is 1. The normalized spacial score (nSPS) is 21.6. The van der Waals surface area contributed by atoms with Gasteiger partial charge in [-0.15, -0.1) is 0 Å². The summed E-state index contributed by atoms with van der Waals surface area (Å²) in [4.78, 5) is 33.6. The molecule has 1 heterocycles. The molecule has 1 rings (SSSR count). The first-order valence-electron chi connectivity index (χ1n) is 6.06. The zero-order valence-corrected chi connectivity index (χ0v) is 10.1. The first-order valence-corrected chi connectivity index (χ1v) is 6.06. The maximum atomic E-state index is 11.7.